The van der Waals surface area contributed by atoms with E-state index in [1.165, 1.54) is 0 Å². The Morgan fingerprint density at radius 2 is 1.91 bits per heavy atom. The summed E-state index contributed by atoms with van der Waals surface area (Å²) in [5.41, 5.74) is 3.03. The molecule has 9 nitrogen and oxygen atoms in total. The van der Waals surface area contributed by atoms with Crippen LogP contribution in [0.3, 0.4) is 0 Å². The number of pyridine rings is 1. The second-order valence-corrected chi connectivity index (χ2v) is 8.51. The first-order chi connectivity index (χ1) is 17.3. The van der Waals surface area contributed by atoms with E-state index in [-0.39, 0.29) is 5.91 Å². The van der Waals surface area contributed by atoms with Crippen molar-refractivity contribution in [2.75, 3.05) is 44.7 Å². The zero-order valence-corrected chi connectivity index (χ0v) is 19.6. The van der Waals surface area contributed by atoms with Gasteiger partial charge in [0.05, 0.1) is 25.2 Å². The van der Waals surface area contributed by atoms with Crippen molar-refractivity contribution in [2.45, 2.75) is 13.0 Å². The number of carbonyl (C=O) groups is 1. The van der Waals surface area contributed by atoms with Crippen LogP contribution in [-0.4, -0.2) is 69.9 Å². The summed E-state index contributed by atoms with van der Waals surface area (Å²) >= 11 is 0. The number of benzene rings is 1. The average molecular weight is 472 g/mol. The van der Waals surface area contributed by atoms with Crippen LogP contribution in [0.2, 0.25) is 0 Å². The SMILES string of the molecule is O=C(Cc1cn(-c2ccc(NCc3cccnc3)nn2)c2ccccc12)NCCN1CCOCC1. The lowest BCUT2D eigenvalue weighted by molar-refractivity contribution is -0.120. The van der Waals surface area contributed by atoms with E-state index < -0.39 is 0 Å². The summed E-state index contributed by atoms with van der Waals surface area (Å²) in [7, 11) is 0. The normalized spacial score (nSPS) is 14.2. The molecule has 4 heterocycles. The number of fused-ring (bicyclic) bond motifs is 1. The number of amides is 1. The van der Waals surface area contributed by atoms with E-state index in [0.717, 1.165) is 54.9 Å². The molecule has 0 bridgehead atoms. The lowest BCUT2D eigenvalue weighted by Gasteiger charge is -2.26. The van der Waals surface area contributed by atoms with Crippen LogP contribution >= 0.6 is 0 Å². The molecule has 5 rings (SSSR count). The Bertz CT molecular complexity index is 1250. The Hall–Kier alpha value is -3.82. The minimum absolute atomic E-state index is 0.0159. The number of hydrogen-bond donors (Lipinski definition) is 2. The van der Waals surface area contributed by atoms with Gasteiger partial charge in [0, 0.05) is 56.7 Å². The molecular formula is C26H29N7O2. The van der Waals surface area contributed by atoms with Gasteiger partial charge >= 0.3 is 0 Å². The second-order valence-electron chi connectivity index (χ2n) is 8.51. The minimum atomic E-state index is 0.0159. The number of aromatic nitrogens is 4. The van der Waals surface area contributed by atoms with E-state index in [1.54, 1.807) is 6.20 Å². The van der Waals surface area contributed by atoms with Crippen LogP contribution < -0.4 is 10.6 Å². The second kappa shape index (κ2) is 11.1. The molecule has 1 saturated heterocycles. The van der Waals surface area contributed by atoms with Gasteiger partial charge in [0.25, 0.3) is 0 Å². The highest BCUT2D eigenvalue weighted by Crippen LogP contribution is 2.24. The molecule has 2 N–H and O–H groups in total. The lowest BCUT2D eigenvalue weighted by Crippen LogP contribution is -2.41. The predicted octanol–water partition coefficient (Wildman–Crippen LogP) is 2.42. The standard InChI is InChI=1S/C26H29N7O2/c34-26(28-10-11-32-12-14-35-15-13-32)16-21-19-33(23-6-2-1-5-22(21)23)25-8-7-24(30-31-25)29-18-20-4-3-9-27-17-20/h1-9,17,19H,10-16,18H2,(H,28,34)(H,29,30). The average Bonchev–Trinajstić information content (AvgIpc) is 3.27. The zero-order chi connectivity index (χ0) is 23.9. The van der Waals surface area contributed by atoms with Gasteiger partial charge in [0.15, 0.2) is 5.82 Å². The van der Waals surface area contributed by atoms with Gasteiger partial charge in [0.1, 0.15) is 5.82 Å². The van der Waals surface area contributed by atoms with Gasteiger partial charge in [-0.05, 0) is 35.4 Å². The third-order valence-corrected chi connectivity index (χ3v) is 6.09. The maximum atomic E-state index is 12.7. The van der Waals surface area contributed by atoms with Gasteiger partial charge in [-0.25, -0.2) is 0 Å². The van der Waals surface area contributed by atoms with Crippen molar-refractivity contribution in [2.24, 2.45) is 0 Å². The van der Waals surface area contributed by atoms with Crippen molar-refractivity contribution in [3.05, 3.63) is 78.2 Å². The Balaban J connectivity index is 1.24. The fourth-order valence-corrected chi connectivity index (χ4v) is 4.24. The van der Waals surface area contributed by atoms with E-state index >= 15 is 0 Å². The van der Waals surface area contributed by atoms with Crippen molar-refractivity contribution in [3.8, 4) is 5.82 Å². The van der Waals surface area contributed by atoms with Gasteiger partial charge in [-0.15, -0.1) is 10.2 Å². The van der Waals surface area contributed by atoms with Crippen molar-refractivity contribution in [1.29, 1.82) is 0 Å². The third kappa shape index (κ3) is 5.82. The molecule has 0 aliphatic carbocycles. The molecule has 1 amide bonds. The Morgan fingerprint density at radius 1 is 1.03 bits per heavy atom. The quantitative estimate of drug-likeness (QED) is 0.387. The molecule has 180 valence electrons. The van der Waals surface area contributed by atoms with Crippen LogP contribution in [0.5, 0.6) is 0 Å². The van der Waals surface area contributed by atoms with Crippen molar-refractivity contribution in [1.82, 2.24) is 30.0 Å². The predicted molar refractivity (Wildman–Crippen MR) is 134 cm³/mol. The van der Waals surface area contributed by atoms with Gasteiger partial charge in [0.2, 0.25) is 5.91 Å². The summed E-state index contributed by atoms with van der Waals surface area (Å²) in [4.78, 5) is 19.1. The molecule has 3 aromatic heterocycles. The minimum Gasteiger partial charge on any atom is -0.379 e. The molecule has 9 heteroatoms. The molecule has 35 heavy (non-hydrogen) atoms. The molecule has 1 aromatic carbocycles. The largest absolute Gasteiger partial charge is 0.379 e. The summed E-state index contributed by atoms with van der Waals surface area (Å²) < 4.78 is 7.37. The number of nitrogens with one attached hydrogen (secondary N) is 2. The molecule has 0 radical (unpaired) electrons. The van der Waals surface area contributed by atoms with Crippen LogP contribution in [0.25, 0.3) is 16.7 Å². The van der Waals surface area contributed by atoms with Crippen LogP contribution in [0.15, 0.2) is 67.1 Å². The lowest BCUT2D eigenvalue weighted by atomic mass is 10.1. The van der Waals surface area contributed by atoms with Crippen LogP contribution in [0.4, 0.5) is 5.82 Å². The molecule has 1 aliphatic heterocycles. The number of morpholine rings is 1. The number of carbonyl (C=O) groups excluding carboxylic acids is 1. The highest BCUT2D eigenvalue weighted by Gasteiger charge is 2.15. The van der Waals surface area contributed by atoms with E-state index in [2.05, 4.69) is 30.7 Å². The first kappa shape index (κ1) is 22.9. The van der Waals surface area contributed by atoms with Crippen LogP contribution in [-0.2, 0) is 22.5 Å². The van der Waals surface area contributed by atoms with Crippen molar-refractivity contribution >= 4 is 22.6 Å². The Kier molecular flexibility index (Phi) is 7.26. The molecule has 0 saturated carbocycles. The number of rotatable bonds is 9. The number of nitrogens with zero attached hydrogens (tertiary/aromatic N) is 5. The van der Waals surface area contributed by atoms with Gasteiger partial charge < -0.3 is 15.4 Å². The number of hydrogen-bond acceptors (Lipinski definition) is 7. The van der Waals surface area contributed by atoms with Gasteiger partial charge in [-0.2, -0.15) is 0 Å². The number of ether oxygens (including phenoxy) is 1. The van der Waals surface area contributed by atoms with Gasteiger partial charge in [-0.1, -0.05) is 24.3 Å². The van der Waals surface area contributed by atoms with E-state index in [1.807, 2.05) is 65.5 Å². The molecule has 0 spiro atoms. The highest BCUT2D eigenvalue weighted by atomic mass is 16.5. The van der Waals surface area contributed by atoms with E-state index in [9.17, 15) is 4.79 Å². The van der Waals surface area contributed by atoms with E-state index in [0.29, 0.717) is 31.1 Å². The molecular weight excluding hydrogens is 442 g/mol. The summed E-state index contributed by atoms with van der Waals surface area (Å²) in [6, 6.07) is 15.8. The third-order valence-electron chi connectivity index (χ3n) is 6.09. The zero-order valence-electron chi connectivity index (χ0n) is 19.6. The first-order valence-corrected chi connectivity index (χ1v) is 11.9. The maximum absolute atomic E-state index is 12.7. The number of anilines is 1. The maximum Gasteiger partial charge on any atom is 0.224 e. The van der Waals surface area contributed by atoms with Crippen molar-refractivity contribution in [3.63, 3.8) is 0 Å². The molecule has 0 unspecified atom stereocenters. The molecule has 0 atom stereocenters. The summed E-state index contributed by atoms with van der Waals surface area (Å²) in [5.74, 6) is 1.41. The molecule has 4 aromatic rings. The molecule has 1 fully saturated rings. The summed E-state index contributed by atoms with van der Waals surface area (Å²) in [5, 5.41) is 16.1. The summed E-state index contributed by atoms with van der Waals surface area (Å²) in [6.07, 6.45) is 5.87. The fraction of sp³-hybridized carbons (Fsp3) is 0.308. The monoisotopic (exact) mass is 471 g/mol. The van der Waals surface area contributed by atoms with Gasteiger partial charge in [-0.3, -0.25) is 19.2 Å². The Morgan fingerprint density at radius 3 is 2.71 bits per heavy atom. The smallest absolute Gasteiger partial charge is 0.224 e. The molecule has 1 aliphatic rings. The number of para-hydroxylation sites is 1. The van der Waals surface area contributed by atoms with E-state index in [4.69, 9.17) is 4.74 Å². The first-order valence-electron chi connectivity index (χ1n) is 11.9. The fourth-order valence-electron chi connectivity index (χ4n) is 4.24. The van der Waals surface area contributed by atoms with Crippen LogP contribution in [0.1, 0.15) is 11.1 Å². The summed E-state index contributed by atoms with van der Waals surface area (Å²) in [6.45, 7) is 5.46. The van der Waals surface area contributed by atoms with Crippen molar-refractivity contribution < 1.29 is 9.53 Å². The highest BCUT2D eigenvalue weighted by molar-refractivity contribution is 5.90. The topological polar surface area (TPSA) is 97.2 Å². The Labute approximate surface area is 204 Å². The van der Waals surface area contributed by atoms with Crippen LogP contribution in [0, 0.1) is 0 Å².